The van der Waals surface area contributed by atoms with E-state index >= 15 is 0 Å². The molecule has 3 rings (SSSR count). The van der Waals surface area contributed by atoms with Gasteiger partial charge in [0.25, 0.3) is 0 Å². The summed E-state index contributed by atoms with van der Waals surface area (Å²) in [4.78, 5) is 8.29. The fourth-order valence-electron chi connectivity index (χ4n) is 2.94. The molecule has 0 saturated carbocycles. The number of aliphatic imine (C=N–C) groups is 1. The standard InChI is InChI=1S/C19H19IN2/c1-11-9-13(3)21-18(11)17(15-5-7-16(20)8-6-15)19-12(2)10-14(4)22-19/h5-10,21H,1-4H3/b19-17-. The number of nitrogens with one attached hydrogen (secondary N) is 1. The van der Waals surface area contributed by atoms with E-state index < -0.39 is 0 Å². The van der Waals surface area contributed by atoms with Crippen molar-refractivity contribution in [3.05, 3.63) is 73.8 Å². The van der Waals surface area contributed by atoms with E-state index in [0.717, 1.165) is 11.4 Å². The second-order valence-corrected chi connectivity index (χ2v) is 7.07. The Labute approximate surface area is 145 Å². The van der Waals surface area contributed by atoms with Gasteiger partial charge < -0.3 is 4.98 Å². The van der Waals surface area contributed by atoms with E-state index in [4.69, 9.17) is 4.99 Å². The lowest BCUT2D eigenvalue weighted by atomic mass is 9.96. The summed E-state index contributed by atoms with van der Waals surface area (Å²) in [6.07, 6.45) is 2.15. The SMILES string of the molecule is CC1=CC(C)=N/C1=C(/c1ccc(I)cc1)c1[nH]c(C)cc1C. The van der Waals surface area contributed by atoms with Gasteiger partial charge in [-0.2, -0.15) is 0 Å². The maximum Gasteiger partial charge on any atom is 0.0761 e. The maximum absolute atomic E-state index is 4.78. The highest BCUT2D eigenvalue weighted by Crippen LogP contribution is 2.35. The van der Waals surface area contributed by atoms with Gasteiger partial charge in [-0.3, -0.25) is 4.99 Å². The zero-order valence-corrected chi connectivity index (χ0v) is 15.4. The molecule has 0 amide bonds. The molecule has 2 aromatic rings. The molecular weight excluding hydrogens is 383 g/mol. The monoisotopic (exact) mass is 402 g/mol. The zero-order valence-electron chi connectivity index (χ0n) is 13.3. The molecule has 0 saturated heterocycles. The van der Waals surface area contributed by atoms with Crippen LogP contribution in [0.4, 0.5) is 0 Å². The smallest absolute Gasteiger partial charge is 0.0761 e. The number of halogens is 1. The van der Waals surface area contributed by atoms with Crippen molar-refractivity contribution >= 4 is 33.9 Å². The van der Waals surface area contributed by atoms with Crippen LogP contribution in [0.25, 0.3) is 5.57 Å². The number of hydrogen-bond donors (Lipinski definition) is 1. The lowest BCUT2D eigenvalue weighted by Gasteiger charge is -2.12. The van der Waals surface area contributed by atoms with Crippen LogP contribution in [0.5, 0.6) is 0 Å². The second kappa shape index (κ2) is 5.88. The number of aromatic nitrogens is 1. The molecule has 0 fully saturated rings. The Bertz CT molecular complexity index is 818. The Kier molecular flexibility index (Phi) is 4.08. The molecule has 22 heavy (non-hydrogen) atoms. The summed E-state index contributed by atoms with van der Waals surface area (Å²) in [5, 5.41) is 0. The average molecular weight is 402 g/mol. The molecule has 2 nitrogen and oxygen atoms in total. The maximum atomic E-state index is 4.78. The van der Waals surface area contributed by atoms with Crippen LogP contribution < -0.4 is 0 Å². The summed E-state index contributed by atoms with van der Waals surface area (Å²) in [6, 6.07) is 10.8. The fraction of sp³-hybridized carbons (Fsp3) is 0.211. The van der Waals surface area contributed by atoms with Crippen LogP contribution in [0.3, 0.4) is 0 Å². The molecule has 3 heteroatoms. The highest BCUT2D eigenvalue weighted by Gasteiger charge is 2.19. The number of hydrogen-bond acceptors (Lipinski definition) is 1. The van der Waals surface area contributed by atoms with Crippen LogP contribution in [0, 0.1) is 17.4 Å². The summed E-state index contributed by atoms with van der Waals surface area (Å²) in [5.41, 5.74) is 9.35. The minimum absolute atomic E-state index is 1.07. The second-order valence-electron chi connectivity index (χ2n) is 5.82. The van der Waals surface area contributed by atoms with Crippen molar-refractivity contribution in [2.45, 2.75) is 27.7 Å². The summed E-state index contributed by atoms with van der Waals surface area (Å²) in [6.45, 7) is 8.43. The van der Waals surface area contributed by atoms with Crippen LogP contribution in [-0.4, -0.2) is 10.7 Å². The van der Waals surface area contributed by atoms with Gasteiger partial charge in [-0.05, 0) is 91.3 Å². The normalized spacial score (nSPS) is 16.6. The van der Waals surface area contributed by atoms with Gasteiger partial charge >= 0.3 is 0 Å². The average Bonchev–Trinajstić information content (AvgIpc) is 2.95. The molecule has 1 aliphatic heterocycles. The summed E-state index contributed by atoms with van der Waals surface area (Å²) in [7, 11) is 0. The third-order valence-corrected chi connectivity index (χ3v) is 4.58. The molecule has 0 atom stereocenters. The first-order chi connectivity index (χ1) is 10.5. The summed E-state index contributed by atoms with van der Waals surface area (Å²) >= 11 is 2.34. The van der Waals surface area contributed by atoms with Crippen LogP contribution in [0.2, 0.25) is 0 Å². The van der Waals surface area contributed by atoms with Crippen molar-refractivity contribution in [3.63, 3.8) is 0 Å². The predicted octanol–water partition coefficient (Wildman–Crippen LogP) is 5.42. The highest BCUT2D eigenvalue weighted by molar-refractivity contribution is 14.1. The third-order valence-electron chi connectivity index (χ3n) is 3.86. The van der Waals surface area contributed by atoms with E-state index in [1.54, 1.807) is 0 Å². The van der Waals surface area contributed by atoms with E-state index in [9.17, 15) is 0 Å². The van der Waals surface area contributed by atoms with Crippen LogP contribution in [0.15, 0.2) is 52.7 Å². The lowest BCUT2D eigenvalue weighted by Crippen LogP contribution is -1.96. The molecule has 1 aliphatic rings. The molecular formula is C19H19IN2. The Morgan fingerprint density at radius 1 is 1.05 bits per heavy atom. The Hall–Kier alpha value is -1.62. The number of aryl methyl sites for hydroxylation is 2. The molecule has 0 radical (unpaired) electrons. The van der Waals surface area contributed by atoms with Crippen molar-refractivity contribution in [3.8, 4) is 0 Å². The van der Waals surface area contributed by atoms with E-state index in [-0.39, 0.29) is 0 Å². The van der Waals surface area contributed by atoms with Crippen molar-refractivity contribution < 1.29 is 0 Å². The van der Waals surface area contributed by atoms with Gasteiger partial charge in [0.1, 0.15) is 0 Å². The van der Waals surface area contributed by atoms with Crippen molar-refractivity contribution in [2.75, 3.05) is 0 Å². The van der Waals surface area contributed by atoms with E-state index in [0.29, 0.717) is 0 Å². The minimum atomic E-state index is 1.07. The molecule has 0 unspecified atom stereocenters. The summed E-state index contributed by atoms with van der Waals surface area (Å²) < 4.78 is 1.24. The van der Waals surface area contributed by atoms with E-state index in [1.165, 1.54) is 37.2 Å². The van der Waals surface area contributed by atoms with Gasteiger partial charge in [-0.1, -0.05) is 12.1 Å². The van der Waals surface area contributed by atoms with Gasteiger partial charge in [-0.15, -0.1) is 0 Å². The molecule has 1 aromatic heterocycles. The Morgan fingerprint density at radius 2 is 1.73 bits per heavy atom. The predicted molar refractivity (Wildman–Crippen MR) is 102 cm³/mol. The van der Waals surface area contributed by atoms with Crippen LogP contribution >= 0.6 is 22.6 Å². The Balaban J connectivity index is 2.29. The first-order valence-electron chi connectivity index (χ1n) is 7.36. The van der Waals surface area contributed by atoms with Crippen LogP contribution in [0.1, 0.15) is 36.4 Å². The lowest BCUT2D eigenvalue weighted by molar-refractivity contribution is 1.21. The number of allylic oxidation sites excluding steroid dienone is 2. The van der Waals surface area contributed by atoms with Crippen molar-refractivity contribution in [2.24, 2.45) is 4.99 Å². The highest BCUT2D eigenvalue weighted by atomic mass is 127. The molecule has 0 spiro atoms. The molecule has 1 N–H and O–H groups in total. The molecule has 0 bridgehead atoms. The number of nitrogens with zero attached hydrogens (tertiary/aromatic N) is 1. The Morgan fingerprint density at radius 3 is 2.23 bits per heavy atom. The fourth-order valence-corrected chi connectivity index (χ4v) is 3.30. The number of benzene rings is 1. The van der Waals surface area contributed by atoms with E-state index in [2.05, 4.69) is 91.7 Å². The third kappa shape index (κ3) is 2.82. The first kappa shape index (κ1) is 15.3. The molecule has 112 valence electrons. The first-order valence-corrected chi connectivity index (χ1v) is 8.44. The quantitative estimate of drug-likeness (QED) is 0.651. The zero-order chi connectivity index (χ0) is 15.9. The molecule has 1 aromatic carbocycles. The topological polar surface area (TPSA) is 28.1 Å². The number of aromatic amines is 1. The summed E-state index contributed by atoms with van der Waals surface area (Å²) in [5.74, 6) is 0. The molecule has 2 heterocycles. The number of rotatable bonds is 2. The van der Waals surface area contributed by atoms with Crippen molar-refractivity contribution in [1.82, 2.24) is 4.98 Å². The minimum Gasteiger partial charge on any atom is -0.358 e. The van der Waals surface area contributed by atoms with Gasteiger partial charge in [0.15, 0.2) is 0 Å². The van der Waals surface area contributed by atoms with Gasteiger partial charge in [0, 0.05) is 20.5 Å². The van der Waals surface area contributed by atoms with Gasteiger partial charge in [-0.25, -0.2) is 0 Å². The van der Waals surface area contributed by atoms with Gasteiger partial charge in [0.05, 0.1) is 11.4 Å². The van der Waals surface area contributed by atoms with E-state index in [1.807, 2.05) is 0 Å². The number of H-pyrrole nitrogens is 1. The van der Waals surface area contributed by atoms with Crippen molar-refractivity contribution in [1.29, 1.82) is 0 Å². The largest absolute Gasteiger partial charge is 0.358 e. The van der Waals surface area contributed by atoms with Gasteiger partial charge in [0.2, 0.25) is 0 Å². The van der Waals surface area contributed by atoms with Crippen LogP contribution in [-0.2, 0) is 0 Å². The molecule has 0 aliphatic carbocycles.